The van der Waals surface area contributed by atoms with Gasteiger partial charge in [-0.3, -0.25) is 5.43 Å². The lowest BCUT2D eigenvalue weighted by Crippen LogP contribution is -2.02. The summed E-state index contributed by atoms with van der Waals surface area (Å²) in [6.45, 7) is 0. The van der Waals surface area contributed by atoms with Crippen LogP contribution in [0.2, 0.25) is 0 Å². The zero-order valence-corrected chi connectivity index (χ0v) is 10.9. The molecule has 0 bridgehead atoms. The monoisotopic (exact) mass is 270 g/mol. The van der Waals surface area contributed by atoms with Crippen molar-refractivity contribution in [1.29, 1.82) is 0 Å². The van der Waals surface area contributed by atoms with Crippen molar-refractivity contribution >= 4 is 17.9 Å². The number of ether oxygens (including phenoxy) is 1. The molecule has 0 aromatic heterocycles. The molecule has 2 N–H and O–H groups in total. The van der Waals surface area contributed by atoms with Crippen molar-refractivity contribution in [3.63, 3.8) is 0 Å². The molecule has 2 aromatic carbocycles. The molecule has 0 spiro atoms. The Morgan fingerprint density at radius 1 is 1.25 bits per heavy atom. The summed E-state index contributed by atoms with van der Waals surface area (Å²) >= 11 is 0. The first-order chi connectivity index (χ1) is 9.70. The number of esters is 1. The molecule has 0 saturated heterocycles. The van der Waals surface area contributed by atoms with Gasteiger partial charge in [0, 0.05) is 0 Å². The fourth-order valence-electron chi connectivity index (χ4n) is 1.60. The molecule has 0 aliphatic rings. The van der Waals surface area contributed by atoms with Gasteiger partial charge in [0.1, 0.15) is 11.3 Å². The number of phenols is 1. The van der Waals surface area contributed by atoms with Gasteiger partial charge >= 0.3 is 5.97 Å². The number of para-hydroxylation sites is 1. The quantitative estimate of drug-likeness (QED) is 0.509. The van der Waals surface area contributed by atoms with E-state index in [-0.39, 0.29) is 11.3 Å². The highest BCUT2D eigenvalue weighted by Gasteiger charge is 2.11. The van der Waals surface area contributed by atoms with E-state index >= 15 is 0 Å². The van der Waals surface area contributed by atoms with Gasteiger partial charge in [-0.2, -0.15) is 5.10 Å². The van der Waals surface area contributed by atoms with Crippen molar-refractivity contribution in [1.82, 2.24) is 0 Å². The second-order valence-corrected chi connectivity index (χ2v) is 4.00. The second-order valence-electron chi connectivity index (χ2n) is 4.00. The van der Waals surface area contributed by atoms with Crippen LogP contribution in [0.25, 0.3) is 0 Å². The van der Waals surface area contributed by atoms with Crippen LogP contribution in [0.5, 0.6) is 5.75 Å². The Morgan fingerprint density at radius 2 is 2.00 bits per heavy atom. The first-order valence-electron chi connectivity index (χ1n) is 5.96. The smallest absolute Gasteiger partial charge is 0.341 e. The van der Waals surface area contributed by atoms with Gasteiger partial charge in [0.05, 0.1) is 19.0 Å². The minimum absolute atomic E-state index is 0.108. The molecule has 2 aromatic rings. The van der Waals surface area contributed by atoms with Crippen molar-refractivity contribution in [3.05, 3.63) is 59.7 Å². The highest BCUT2D eigenvalue weighted by Crippen LogP contribution is 2.18. The largest absolute Gasteiger partial charge is 0.507 e. The van der Waals surface area contributed by atoms with Crippen LogP contribution in [-0.2, 0) is 4.74 Å². The number of hydrogen-bond donors (Lipinski definition) is 2. The Morgan fingerprint density at radius 3 is 2.70 bits per heavy atom. The Balaban J connectivity index is 2.12. The molecule has 0 unspecified atom stereocenters. The number of benzene rings is 2. The lowest BCUT2D eigenvalue weighted by atomic mass is 10.1. The molecule has 0 heterocycles. The molecule has 2 rings (SSSR count). The molecule has 102 valence electrons. The summed E-state index contributed by atoms with van der Waals surface area (Å²) in [4.78, 5) is 11.4. The van der Waals surface area contributed by atoms with Crippen molar-refractivity contribution in [2.24, 2.45) is 5.10 Å². The number of aromatic hydroxyl groups is 1. The van der Waals surface area contributed by atoms with Crippen LogP contribution < -0.4 is 5.43 Å². The van der Waals surface area contributed by atoms with Crippen molar-refractivity contribution < 1.29 is 14.6 Å². The Hall–Kier alpha value is -2.82. The fourth-order valence-corrected chi connectivity index (χ4v) is 1.60. The summed E-state index contributed by atoms with van der Waals surface area (Å²) < 4.78 is 4.59. The molecule has 0 aliphatic heterocycles. The van der Waals surface area contributed by atoms with E-state index in [0.29, 0.717) is 5.56 Å². The zero-order chi connectivity index (χ0) is 14.4. The number of nitrogens with one attached hydrogen (secondary N) is 1. The highest BCUT2D eigenvalue weighted by atomic mass is 16.5. The van der Waals surface area contributed by atoms with Crippen LogP contribution in [0.3, 0.4) is 0 Å². The van der Waals surface area contributed by atoms with Crippen LogP contribution in [0.1, 0.15) is 15.9 Å². The van der Waals surface area contributed by atoms with Crippen molar-refractivity contribution in [2.75, 3.05) is 12.5 Å². The van der Waals surface area contributed by atoms with Gasteiger partial charge in [0.15, 0.2) is 0 Å². The average Bonchev–Trinajstić information content (AvgIpc) is 2.49. The van der Waals surface area contributed by atoms with Gasteiger partial charge in [-0.25, -0.2) is 4.79 Å². The van der Waals surface area contributed by atoms with Gasteiger partial charge in [-0.15, -0.1) is 0 Å². The topological polar surface area (TPSA) is 70.9 Å². The lowest BCUT2D eigenvalue weighted by Gasteiger charge is -2.03. The van der Waals surface area contributed by atoms with Crippen LogP contribution in [0.4, 0.5) is 5.69 Å². The zero-order valence-electron chi connectivity index (χ0n) is 10.9. The number of anilines is 1. The molecule has 0 atom stereocenters. The van der Waals surface area contributed by atoms with E-state index in [1.54, 1.807) is 12.3 Å². The molecule has 0 aliphatic carbocycles. The number of carbonyl (C=O) groups excluding carboxylic acids is 1. The predicted molar refractivity (Wildman–Crippen MR) is 77.1 cm³/mol. The summed E-state index contributed by atoms with van der Waals surface area (Å²) in [6, 6.07) is 14.1. The number of methoxy groups -OCH3 is 1. The molecular formula is C15H14N2O3. The summed E-state index contributed by atoms with van der Waals surface area (Å²) in [5.74, 6) is -0.709. The maximum Gasteiger partial charge on any atom is 0.341 e. The Bertz CT molecular complexity index is 624. The minimum Gasteiger partial charge on any atom is -0.507 e. The van der Waals surface area contributed by atoms with E-state index in [1.807, 2.05) is 30.3 Å². The number of hydrogen-bond acceptors (Lipinski definition) is 5. The van der Waals surface area contributed by atoms with Gasteiger partial charge < -0.3 is 9.84 Å². The molecular weight excluding hydrogens is 256 g/mol. The molecule has 0 radical (unpaired) electrons. The maximum absolute atomic E-state index is 11.4. The van der Waals surface area contributed by atoms with Crippen LogP contribution in [-0.4, -0.2) is 24.4 Å². The molecule has 0 saturated carbocycles. The van der Waals surface area contributed by atoms with E-state index in [1.165, 1.54) is 19.2 Å². The third-order valence-electron chi connectivity index (χ3n) is 2.61. The number of phenolic OH excluding ortho intramolecular Hbond substituents is 1. The number of hydrazone groups is 1. The van der Waals surface area contributed by atoms with Gasteiger partial charge in [0.2, 0.25) is 0 Å². The highest BCUT2D eigenvalue weighted by molar-refractivity contribution is 5.95. The normalized spacial score (nSPS) is 10.4. The molecule has 5 nitrogen and oxygen atoms in total. The number of nitrogens with zero attached hydrogens (tertiary/aromatic N) is 1. The Labute approximate surface area is 116 Å². The van der Waals surface area contributed by atoms with E-state index in [4.69, 9.17) is 0 Å². The first-order valence-corrected chi connectivity index (χ1v) is 5.96. The summed E-state index contributed by atoms with van der Waals surface area (Å²) in [6.07, 6.45) is 1.55. The third-order valence-corrected chi connectivity index (χ3v) is 2.61. The van der Waals surface area contributed by atoms with Gasteiger partial charge in [-0.1, -0.05) is 18.2 Å². The number of rotatable bonds is 4. The standard InChI is InChI=1S/C15H14N2O3/c1-20-15(19)13-9-11(7-8-14(13)18)10-16-17-12-5-3-2-4-6-12/h2-10,17-18H,1H3. The minimum atomic E-state index is -0.589. The lowest BCUT2D eigenvalue weighted by molar-refractivity contribution is 0.0597. The maximum atomic E-state index is 11.4. The van der Waals surface area contributed by atoms with Crippen LogP contribution in [0, 0.1) is 0 Å². The Kier molecular flexibility index (Phi) is 4.34. The van der Waals surface area contributed by atoms with Crippen LogP contribution in [0.15, 0.2) is 53.6 Å². The van der Waals surface area contributed by atoms with E-state index in [9.17, 15) is 9.90 Å². The first kappa shape index (κ1) is 13.6. The fraction of sp³-hybridized carbons (Fsp3) is 0.0667. The SMILES string of the molecule is COC(=O)c1cc(C=NNc2ccccc2)ccc1O. The second kappa shape index (κ2) is 6.38. The van der Waals surface area contributed by atoms with Gasteiger partial charge in [-0.05, 0) is 35.9 Å². The summed E-state index contributed by atoms with van der Waals surface area (Å²) in [7, 11) is 1.26. The number of carbonyl (C=O) groups is 1. The van der Waals surface area contributed by atoms with Crippen LogP contribution >= 0.6 is 0 Å². The van der Waals surface area contributed by atoms with Crippen molar-refractivity contribution in [3.8, 4) is 5.75 Å². The molecule has 5 heteroatoms. The van der Waals surface area contributed by atoms with E-state index in [0.717, 1.165) is 5.69 Å². The average molecular weight is 270 g/mol. The van der Waals surface area contributed by atoms with Gasteiger partial charge in [0.25, 0.3) is 0 Å². The van der Waals surface area contributed by atoms with Crippen molar-refractivity contribution in [2.45, 2.75) is 0 Å². The summed E-state index contributed by atoms with van der Waals surface area (Å²) in [5.41, 5.74) is 4.50. The molecule has 20 heavy (non-hydrogen) atoms. The molecule has 0 amide bonds. The molecule has 0 fully saturated rings. The third kappa shape index (κ3) is 3.35. The predicted octanol–water partition coefficient (Wildman–Crippen LogP) is 2.62. The van der Waals surface area contributed by atoms with E-state index < -0.39 is 5.97 Å². The summed E-state index contributed by atoms with van der Waals surface area (Å²) in [5, 5.41) is 13.6. The van der Waals surface area contributed by atoms with E-state index in [2.05, 4.69) is 15.3 Å².